The average Bonchev–Trinajstić information content (AvgIpc) is 2.65. The number of rotatable bonds is 1. The molecule has 0 saturated carbocycles. The molecule has 0 amide bonds. The fraction of sp³-hybridized carbons (Fsp3) is 0.500. The Hall–Kier alpha value is -0.880. The van der Waals surface area contributed by atoms with E-state index in [4.69, 9.17) is 0 Å². The summed E-state index contributed by atoms with van der Waals surface area (Å²) in [5, 5.41) is 8.56. The lowest BCUT2D eigenvalue weighted by Crippen LogP contribution is -2.07. The predicted octanol–water partition coefficient (Wildman–Crippen LogP) is 3.09. The first-order chi connectivity index (χ1) is 7.47. The lowest BCUT2D eigenvalue weighted by molar-refractivity contribution is -0.137. The van der Waals surface area contributed by atoms with Gasteiger partial charge in [-0.25, -0.2) is 4.98 Å². The first kappa shape index (κ1) is 11.6. The minimum atomic E-state index is -4.38. The highest BCUT2D eigenvalue weighted by Gasteiger charge is 2.34. The van der Waals surface area contributed by atoms with Crippen LogP contribution in [0.4, 0.5) is 13.2 Å². The Labute approximate surface area is 94.4 Å². The van der Waals surface area contributed by atoms with Gasteiger partial charge in [-0.2, -0.15) is 13.2 Å². The molecule has 1 aromatic rings. The topological polar surface area (TPSA) is 33.1 Å². The summed E-state index contributed by atoms with van der Waals surface area (Å²) in [6.45, 7) is 0. The van der Waals surface area contributed by atoms with Crippen LogP contribution in [-0.2, 0) is 6.18 Å². The summed E-state index contributed by atoms with van der Waals surface area (Å²) >= 11 is 0.633. The van der Waals surface area contributed by atoms with E-state index in [9.17, 15) is 18.3 Å². The van der Waals surface area contributed by atoms with E-state index in [-0.39, 0.29) is 0 Å². The second-order valence-corrected chi connectivity index (χ2v) is 4.71. The summed E-state index contributed by atoms with van der Waals surface area (Å²) in [6, 6.07) is 0. The zero-order valence-corrected chi connectivity index (χ0v) is 9.11. The Bertz CT molecular complexity index is 410. The largest absolute Gasteiger partial charge is 0.443 e. The third-order valence-electron chi connectivity index (χ3n) is 2.40. The number of allylic oxidation sites excluding steroid dienone is 1. The fourth-order valence-corrected chi connectivity index (χ4v) is 2.50. The van der Waals surface area contributed by atoms with Crippen LogP contribution in [0.5, 0.6) is 0 Å². The van der Waals surface area contributed by atoms with Crippen molar-refractivity contribution in [2.24, 2.45) is 0 Å². The van der Waals surface area contributed by atoms with Crippen molar-refractivity contribution in [2.45, 2.75) is 31.5 Å². The number of aromatic nitrogens is 1. The lowest BCUT2D eigenvalue weighted by atomic mass is 9.97. The van der Waals surface area contributed by atoms with Crippen molar-refractivity contribution in [1.82, 2.24) is 4.98 Å². The molecule has 1 aliphatic carbocycles. The molecule has 1 heterocycles. The van der Waals surface area contributed by atoms with Crippen molar-refractivity contribution >= 4 is 16.9 Å². The second kappa shape index (κ2) is 4.18. The maximum atomic E-state index is 12.3. The molecule has 6 heteroatoms. The molecule has 1 unspecified atom stereocenters. The second-order valence-electron chi connectivity index (χ2n) is 3.68. The molecule has 2 rings (SSSR count). The van der Waals surface area contributed by atoms with E-state index in [1.54, 1.807) is 6.08 Å². The maximum Gasteiger partial charge on any atom is 0.443 e. The summed E-state index contributed by atoms with van der Waals surface area (Å²) < 4.78 is 37.0. The summed E-state index contributed by atoms with van der Waals surface area (Å²) in [4.78, 5) is 3.86. The first-order valence-electron chi connectivity index (χ1n) is 4.89. The number of hydrogen-bond donors (Lipinski definition) is 1. The molecule has 0 fully saturated rings. The van der Waals surface area contributed by atoms with Crippen molar-refractivity contribution in [2.75, 3.05) is 0 Å². The SMILES string of the molecule is OC1C=C(c2cnc(C(F)(F)F)s2)CCC1. The van der Waals surface area contributed by atoms with Crippen molar-refractivity contribution in [1.29, 1.82) is 0 Å². The number of aliphatic hydroxyl groups is 1. The minimum Gasteiger partial charge on any atom is -0.389 e. The van der Waals surface area contributed by atoms with Crippen LogP contribution in [0.1, 0.15) is 29.1 Å². The number of thiazole rings is 1. The molecule has 1 aromatic heterocycles. The smallest absolute Gasteiger partial charge is 0.389 e. The van der Waals surface area contributed by atoms with E-state index in [0.29, 0.717) is 29.1 Å². The third-order valence-corrected chi connectivity index (χ3v) is 3.52. The van der Waals surface area contributed by atoms with Gasteiger partial charge in [0.15, 0.2) is 5.01 Å². The van der Waals surface area contributed by atoms with E-state index < -0.39 is 17.3 Å². The molecule has 1 N–H and O–H groups in total. The number of nitrogens with zero attached hydrogens (tertiary/aromatic N) is 1. The Balaban J connectivity index is 2.25. The van der Waals surface area contributed by atoms with Crippen LogP contribution in [0, 0.1) is 0 Å². The van der Waals surface area contributed by atoms with Gasteiger partial charge in [0.2, 0.25) is 0 Å². The van der Waals surface area contributed by atoms with E-state index in [0.717, 1.165) is 12.0 Å². The number of alkyl halides is 3. The van der Waals surface area contributed by atoms with E-state index in [2.05, 4.69) is 4.98 Å². The Morgan fingerprint density at radius 2 is 2.19 bits per heavy atom. The van der Waals surface area contributed by atoms with Gasteiger partial charge in [-0.15, -0.1) is 11.3 Å². The van der Waals surface area contributed by atoms with Gasteiger partial charge >= 0.3 is 6.18 Å². The molecule has 88 valence electrons. The lowest BCUT2D eigenvalue weighted by Gasteiger charge is -2.15. The molecule has 0 bridgehead atoms. The zero-order chi connectivity index (χ0) is 11.8. The summed E-state index contributed by atoms with van der Waals surface area (Å²) in [6.07, 6.45) is 0.114. The van der Waals surface area contributed by atoms with Crippen LogP contribution in [0.15, 0.2) is 12.3 Å². The number of aliphatic hydroxyl groups excluding tert-OH is 1. The number of hydrogen-bond acceptors (Lipinski definition) is 3. The van der Waals surface area contributed by atoms with Crippen LogP contribution < -0.4 is 0 Å². The highest BCUT2D eigenvalue weighted by atomic mass is 32.1. The van der Waals surface area contributed by atoms with Gasteiger partial charge in [0.1, 0.15) is 0 Å². The Morgan fingerprint density at radius 3 is 2.75 bits per heavy atom. The van der Waals surface area contributed by atoms with Crippen molar-refractivity contribution in [3.63, 3.8) is 0 Å². The van der Waals surface area contributed by atoms with E-state index in [1.165, 1.54) is 6.20 Å². The van der Waals surface area contributed by atoms with Gasteiger partial charge in [0, 0.05) is 6.20 Å². The molecule has 0 spiro atoms. The monoisotopic (exact) mass is 249 g/mol. The van der Waals surface area contributed by atoms with Gasteiger partial charge in [-0.1, -0.05) is 6.08 Å². The number of halogens is 3. The Morgan fingerprint density at radius 1 is 1.44 bits per heavy atom. The molecule has 2 nitrogen and oxygen atoms in total. The molecule has 1 aliphatic rings. The molecule has 0 saturated heterocycles. The molecule has 16 heavy (non-hydrogen) atoms. The van der Waals surface area contributed by atoms with E-state index >= 15 is 0 Å². The fourth-order valence-electron chi connectivity index (χ4n) is 1.66. The molecule has 1 atom stereocenters. The average molecular weight is 249 g/mol. The standard InChI is InChI=1S/C10H10F3NOS/c11-10(12,13)9-14-5-8(16-9)6-2-1-3-7(15)4-6/h4-5,7,15H,1-3H2. The maximum absolute atomic E-state index is 12.3. The quantitative estimate of drug-likeness (QED) is 0.829. The van der Waals surface area contributed by atoms with Crippen molar-refractivity contribution in [3.05, 3.63) is 22.2 Å². The van der Waals surface area contributed by atoms with Crippen LogP contribution in [0.3, 0.4) is 0 Å². The molecular formula is C10H10F3NOS. The van der Waals surface area contributed by atoms with E-state index in [1.807, 2.05) is 0 Å². The van der Waals surface area contributed by atoms with Crippen molar-refractivity contribution < 1.29 is 18.3 Å². The third kappa shape index (κ3) is 2.44. The van der Waals surface area contributed by atoms with Gasteiger partial charge in [0.25, 0.3) is 0 Å². The summed E-state index contributed by atoms with van der Waals surface area (Å²) in [7, 11) is 0. The zero-order valence-electron chi connectivity index (χ0n) is 8.29. The normalized spacial score (nSPS) is 22.0. The minimum absolute atomic E-state index is 0.506. The molecule has 0 aliphatic heterocycles. The molecule has 0 aromatic carbocycles. The highest BCUT2D eigenvalue weighted by Crippen LogP contribution is 2.37. The van der Waals surface area contributed by atoms with Gasteiger partial charge in [-0.05, 0) is 24.8 Å². The molecular weight excluding hydrogens is 239 g/mol. The van der Waals surface area contributed by atoms with Crippen LogP contribution >= 0.6 is 11.3 Å². The summed E-state index contributed by atoms with van der Waals surface area (Å²) in [5.74, 6) is 0. The van der Waals surface area contributed by atoms with Crippen molar-refractivity contribution in [3.8, 4) is 0 Å². The molecule has 0 radical (unpaired) electrons. The van der Waals surface area contributed by atoms with Gasteiger partial charge in [0.05, 0.1) is 11.0 Å². The van der Waals surface area contributed by atoms with Crippen LogP contribution in [0.25, 0.3) is 5.57 Å². The first-order valence-corrected chi connectivity index (χ1v) is 5.70. The Kier molecular flexibility index (Phi) is 3.03. The highest BCUT2D eigenvalue weighted by molar-refractivity contribution is 7.12. The van der Waals surface area contributed by atoms with Gasteiger partial charge in [-0.3, -0.25) is 0 Å². The predicted molar refractivity (Wildman–Crippen MR) is 55.0 cm³/mol. The van der Waals surface area contributed by atoms with Crippen LogP contribution in [-0.4, -0.2) is 16.2 Å². The van der Waals surface area contributed by atoms with Gasteiger partial charge < -0.3 is 5.11 Å². The summed E-state index contributed by atoms with van der Waals surface area (Å²) in [5.41, 5.74) is 0.770. The van der Waals surface area contributed by atoms with Crippen LogP contribution in [0.2, 0.25) is 0 Å².